The van der Waals surface area contributed by atoms with Crippen LogP contribution in [0.25, 0.3) is 0 Å². The van der Waals surface area contributed by atoms with Crippen molar-refractivity contribution in [1.29, 1.82) is 0 Å². The molecule has 2 aliphatic heterocycles. The summed E-state index contributed by atoms with van der Waals surface area (Å²) in [7, 11) is 5.50. The molecule has 3 heterocycles. The zero-order valence-electron chi connectivity index (χ0n) is 22.7. The Morgan fingerprint density at radius 2 is 1.89 bits per heavy atom. The Balaban J connectivity index is 1.37. The molecule has 1 aliphatic carbocycles. The van der Waals surface area contributed by atoms with Crippen molar-refractivity contribution in [2.75, 3.05) is 56.0 Å². The molecule has 1 saturated heterocycles. The molecule has 3 aliphatic rings. The number of benzene rings is 1. The molecule has 1 unspecified atom stereocenters. The lowest BCUT2D eigenvalue weighted by Crippen LogP contribution is -2.44. The zero-order chi connectivity index (χ0) is 26.6. The predicted octanol–water partition coefficient (Wildman–Crippen LogP) is 3.56. The number of fused-ring (bicyclic) bond motifs is 1. The number of rotatable bonds is 7. The molecule has 1 aromatic heterocycles. The fraction of sp³-hybridized carbons (Fsp3) is 0.571. The number of carbonyl (C=O) groups excluding carboxylic acids is 2. The summed E-state index contributed by atoms with van der Waals surface area (Å²) in [6, 6.07) is 6.07. The largest absolute Gasteiger partial charge is 0.495 e. The normalized spacial score (nSPS) is 20.7. The number of nitrogens with zero attached hydrogens (tertiary/aromatic N) is 5. The second-order valence-corrected chi connectivity index (χ2v) is 10.6. The van der Waals surface area contributed by atoms with Gasteiger partial charge in [-0.2, -0.15) is 4.98 Å². The van der Waals surface area contributed by atoms with Crippen molar-refractivity contribution < 1.29 is 14.3 Å². The molecule has 2 aromatic rings. The van der Waals surface area contributed by atoms with Crippen LogP contribution in [-0.4, -0.2) is 79.6 Å². The molecule has 2 fully saturated rings. The molecule has 1 atom stereocenters. The third-order valence-corrected chi connectivity index (χ3v) is 8.22. The monoisotopic (exact) mass is 521 g/mol. The quantitative estimate of drug-likeness (QED) is 0.570. The van der Waals surface area contributed by atoms with Gasteiger partial charge in [0.15, 0.2) is 5.82 Å². The Hall–Kier alpha value is -3.40. The summed E-state index contributed by atoms with van der Waals surface area (Å²) in [5.74, 6) is 1.70. The molecule has 0 bridgehead atoms. The average Bonchev–Trinajstić information content (AvgIpc) is 3.43. The van der Waals surface area contributed by atoms with E-state index in [0.29, 0.717) is 54.5 Å². The second-order valence-electron chi connectivity index (χ2n) is 10.6. The topological polar surface area (TPSA) is 103 Å². The van der Waals surface area contributed by atoms with E-state index < -0.39 is 0 Å². The van der Waals surface area contributed by atoms with E-state index in [1.165, 1.54) is 25.7 Å². The van der Waals surface area contributed by atoms with Crippen LogP contribution in [0.15, 0.2) is 24.4 Å². The van der Waals surface area contributed by atoms with Crippen molar-refractivity contribution in [3.8, 4) is 5.75 Å². The van der Waals surface area contributed by atoms with Crippen molar-refractivity contribution in [2.24, 2.45) is 0 Å². The molecule has 204 valence electrons. The summed E-state index contributed by atoms with van der Waals surface area (Å²) < 4.78 is 5.57. The van der Waals surface area contributed by atoms with Crippen molar-refractivity contribution in [2.45, 2.75) is 63.5 Å². The van der Waals surface area contributed by atoms with E-state index in [1.807, 2.05) is 0 Å². The highest BCUT2D eigenvalue weighted by molar-refractivity contribution is 5.97. The third kappa shape index (κ3) is 5.55. The van der Waals surface area contributed by atoms with Gasteiger partial charge < -0.3 is 30.1 Å². The minimum Gasteiger partial charge on any atom is -0.495 e. The average molecular weight is 522 g/mol. The first-order chi connectivity index (χ1) is 18.4. The summed E-state index contributed by atoms with van der Waals surface area (Å²) in [5.41, 5.74) is 1.87. The number of likely N-dealkylation sites (tertiary alicyclic amines) is 1. The van der Waals surface area contributed by atoms with Gasteiger partial charge in [-0.1, -0.05) is 19.3 Å². The molecule has 1 saturated carbocycles. The highest BCUT2D eigenvalue weighted by atomic mass is 16.5. The maximum absolute atomic E-state index is 13.0. The molecule has 5 rings (SSSR count). The number of carbonyl (C=O) groups is 2. The molecule has 10 heteroatoms. The number of piperidine rings is 1. The first-order valence-electron chi connectivity index (χ1n) is 13.8. The number of anilines is 4. The van der Waals surface area contributed by atoms with E-state index in [2.05, 4.69) is 32.5 Å². The van der Waals surface area contributed by atoms with Gasteiger partial charge in [0.2, 0.25) is 11.9 Å². The highest BCUT2D eigenvalue weighted by Gasteiger charge is 2.32. The number of ether oxygens (including phenoxy) is 1. The fourth-order valence-corrected chi connectivity index (χ4v) is 5.85. The maximum atomic E-state index is 13.0. The van der Waals surface area contributed by atoms with Crippen LogP contribution in [0.2, 0.25) is 0 Å². The van der Waals surface area contributed by atoms with Gasteiger partial charge in [-0.3, -0.25) is 9.59 Å². The third-order valence-electron chi connectivity index (χ3n) is 8.22. The van der Waals surface area contributed by atoms with Crippen molar-refractivity contribution >= 4 is 35.0 Å². The van der Waals surface area contributed by atoms with E-state index in [9.17, 15) is 9.59 Å². The Morgan fingerprint density at radius 1 is 1.11 bits per heavy atom. The van der Waals surface area contributed by atoms with Gasteiger partial charge in [-0.05, 0) is 57.5 Å². The minimum atomic E-state index is -0.120. The number of hydrogen-bond donors (Lipinski definition) is 2. The molecular formula is C28H39N7O3. The Morgan fingerprint density at radius 3 is 2.66 bits per heavy atom. The van der Waals surface area contributed by atoms with E-state index >= 15 is 0 Å². The standard InChI is InChI=1S/C28H39N7O3/c1-33-14-7-6-10-21(33)17-29-27(37)19-11-12-24(38-3)22(16-19)31-28-30-18-23-26(32-28)35(20-8-4-5-9-20)15-13-25(36)34(23)2/h11-12,16,18,20-21H,4-10,13-15,17H2,1-3H3,(H,29,37)(H,30,31,32). The first kappa shape index (κ1) is 26.2. The van der Waals surface area contributed by atoms with E-state index in [0.717, 1.165) is 37.3 Å². The highest BCUT2D eigenvalue weighted by Crippen LogP contribution is 2.37. The van der Waals surface area contributed by atoms with Crippen LogP contribution in [0.1, 0.15) is 61.7 Å². The van der Waals surface area contributed by atoms with Crippen LogP contribution in [-0.2, 0) is 4.79 Å². The van der Waals surface area contributed by atoms with Gasteiger partial charge in [0.25, 0.3) is 5.91 Å². The van der Waals surface area contributed by atoms with Gasteiger partial charge in [-0.15, -0.1) is 0 Å². The Kier molecular flexibility index (Phi) is 7.97. The predicted molar refractivity (Wildman–Crippen MR) is 149 cm³/mol. The molecule has 1 aromatic carbocycles. The smallest absolute Gasteiger partial charge is 0.251 e. The van der Waals surface area contributed by atoms with Gasteiger partial charge in [0.05, 0.1) is 19.0 Å². The summed E-state index contributed by atoms with van der Waals surface area (Å²) in [4.78, 5) is 41.3. The lowest BCUT2D eigenvalue weighted by Gasteiger charge is -2.32. The van der Waals surface area contributed by atoms with Gasteiger partial charge >= 0.3 is 0 Å². The summed E-state index contributed by atoms with van der Waals surface area (Å²) in [6.45, 7) is 2.34. The molecular weight excluding hydrogens is 482 g/mol. The second kappa shape index (κ2) is 11.6. The molecule has 2 N–H and O–H groups in total. The van der Waals surface area contributed by atoms with Crippen LogP contribution < -0.4 is 25.2 Å². The molecule has 38 heavy (non-hydrogen) atoms. The molecule has 0 radical (unpaired) electrons. The number of amides is 2. The van der Waals surface area contributed by atoms with Crippen molar-refractivity contribution in [3.05, 3.63) is 30.0 Å². The van der Waals surface area contributed by atoms with Crippen LogP contribution in [0.5, 0.6) is 5.75 Å². The molecule has 10 nitrogen and oxygen atoms in total. The number of hydrogen-bond acceptors (Lipinski definition) is 8. The number of nitrogens with one attached hydrogen (secondary N) is 2. The number of likely N-dealkylation sites (N-methyl/N-ethyl adjacent to an activating group) is 1. The number of aromatic nitrogens is 2. The van der Waals surface area contributed by atoms with Crippen LogP contribution in [0, 0.1) is 0 Å². The maximum Gasteiger partial charge on any atom is 0.251 e. The van der Waals surface area contributed by atoms with E-state index in [1.54, 1.807) is 43.5 Å². The van der Waals surface area contributed by atoms with Gasteiger partial charge in [0.1, 0.15) is 11.4 Å². The lowest BCUT2D eigenvalue weighted by molar-refractivity contribution is -0.118. The molecule has 0 spiro atoms. The number of methoxy groups -OCH3 is 1. The van der Waals surface area contributed by atoms with Gasteiger partial charge in [-0.25, -0.2) is 4.98 Å². The van der Waals surface area contributed by atoms with Crippen molar-refractivity contribution in [1.82, 2.24) is 20.2 Å². The van der Waals surface area contributed by atoms with E-state index in [4.69, 9.17) is 9.72 Å². The Labute approximate surface area is 224 Å². The minimum absolute atomic E-state index is 0.0656. The summed E-state index contributed by atoms with van der Waals surface area (Å²) in [5, 5.41) is 6.37. The SMILES string of the molecule is COc1ccc(C(=O)NCC2CCCCN2C)cc1Nc1ncc2c(n1)N(C1CCCC1)CCC(=O)N2C. The van der Waals surface area contributed by atoms with Crippen LogP contribution >= 0.6 is 0 Å². The van der Waals surface area contributed by atoms with Crippen LogP contribution in [0.3, 0.4) is 0 Å². The Bertz CT molecular complexity index is 1170. The summed E-state index contributed by atoms with van der Waals surface area (Å²) >= 11 is 0. The van der Waals surface area contributed by atoms with Gasteiger partial charge in [0, 0.05) is 44.2 Å². The van der Waals surface area contributed by atoms with E-state index in [-0.39, 0.29) is 11.8 Å². The zero-order valence-corrected chi connectivity index (χ0v) is 22.7. The van der Waals surface area contributed by atoms with Crippen LogP contribution in [0.4, 0.5) is 23.1 Å². The fourth-order valence-electron chi connectivity index (χ4n) is 5.85. The van der Waals surface area contributed by atoms with Crippen molar-refractivity contribution in [3.63, 3.8) is 0 Å². The first-order valence-corrected chi connectivity index (χ1v) is 13.8. The summed E-state index contributed by atoms with van der Waals surface area (Å²) in [6.07, 6.45) is 10.3. The lowest BCUT2D eigenvalue weighted by atomic mass is 10.0. The molecule has 2 amide bonds.